The van der Waals surface area contributed by atoms with Gasteiger partial charge in [-0.25, -0.2) is 5.43 Å². The van der Waals surface area contributed by atoms with E-state index < -0.39 is 12.1 Å². The van der Waals surface area contributed by atoms with E-state index in [0.29, 0.717) is 12.0 Å². The van der Waals surface area contributed by atoms with Gasteiger partial charge in [-0.3, -0.25) is 4.79 Å². The van der Waals surface area contributed by atoms with Crippen molar-refractivity contribution >= 4 is 17.9 Å². The largest absolute Gasteiger partial charge is 0.489 e. The molecule has 1 aliphatic heterocycles. The van der Waals surface area contributed by atoms with Gasteiger partial charge in [0.2, 0.25) is 5.91 Å². The molecule has 1 amide bonds. The van der Waals surface area contributed by atoms with Gasteiger partial charge >= 0.3 is 0 Å². The molecule has 1 unspecified atom stereocenters. The van der Waals surface area contributed by atoms with Crippen molar-refractivity contribution < 1.29 is 14.3 Å². The Hall–Kier alpha value is -2.54. The number of amides is 1. The predicted octanol–water partition coefficient (Wildman–Crippen LogP) is 1.12. The maximum Gasteiger partial charge on any atom is 0.243 e. The topological polar surface area (TPSA) is 82.7 Å². The first-order valence-corrected chi connectivity index (χ1v) is 8.98. The van der Waals surface area contributed by atoms with Gasteiger partial charge in [-0.15, -0.1) is 0 Å². The first-order valence-electron chi connectivity index (χ1n) is 8.98. The standard InChI is InChI=1S/C19H26N4O3/c1-23(2)16-9-5-6-10-17(16)26-12-13(11-24)20-19(25)18-14-7-3-4-8-15(14)21-22-18/h5-6,9-11,13,18,21-22H,3-4,7-8,12H2,1-2H3,(H,20,25)/t13-,18?/m1/s1. The van der Waals surface area contributed by atoms with Crippen LogP contribution in [0.25, 0.3) is 0 Å². The van der Waals surface area contributed by atoms with Crippen LogP contribution in [0.3, 0.4) is 0 Å². The highest BCUT2D eigenvalue weighted by Gasteiger charge is 2.32. The van der Waals surface area contributed by atoms with Crippen LogP contribution in [0.15, 0.2) is 35.5 Å². The second-order valence-corrected chi connectivity index (χ2v) is 6.84. The molecule has 140 valence electrons. The molecule has 26 heavy (non-hydrogen) atoms. The van der Waals surface area contributed by atoms with Crippen LogP contribution in [0.2, 0.25) is 0 Å². The van der Waals surface area contributed by atoms with Gasteiger partial charge in [0, 0.05) is 19.8 Å². The molecular formula is C19H26N4O3. The summed E-state index contributed by atoms with van der Waals surface area (Å²) < 4.78 is 5.79. The van der Waals surface area contributed by atoms with Gasteiger partial charge in [0.1, 0.15) is 30.7 Å². The number of hydrazine groups is 1. The van der Waals surface area contributed by atoms with Crippen molar-refractivity contribution in [2.45, 2.75) is 37.8 Å². The summed E-state index contributed by atoms with van der Waals surface area (Å²) in [5, 5.41) is 2.78. The fourth-order valence-corrected chi connectivity index (χ4v) is 3.37. The normalized spacial score (nSPS) is 20.0. The van der Waals surface area contributed by atoms with Crippen LogP contribution in [0, 0.1) is 0 Å². The Labute approximate surface area is 153 Å². The zero-order chi connectivity index (χ0) is 18.5. The summed E-state index contributed by atoms with van der Waals surface area (Å²) in [6.45, 7) is 0.0894. The molecule has 2 atom stereocenters. The number of carbonyl (C=O) groups excluding carboxylic acids is 2. The number of para-hydroxylation sites is 2. The quantitative estimate of drug-likeness (QED) is 0.634. The highest BCUT2D eigenvalue weighted by atomic mass is 16.5. The van der Waals surface area contributed by atoms with Gasteiger partial charge < -0.3 is 25.2 Å². The van der Waals surface area contributed by atoms with Gasteiger partial charge in [-0.1, -0.05) is 12.1 Å². The molecule has 3 N–H and O–H groups in total. The molecule has 0 aromatic heterocycles. The maximum atomic E-state index is 12.6. The van der Waals surface area contributed by atoms with E-state index >= 15 is 0 Å². The molecule has 0 bridgehead atoms. The summed E-state index contributed by atoms with van der Waals surface area (Å²) in [7, 11) is 3.85. The van der Waals surface area contributed by atoms with E-state index in [1.54, 1.807) is 0 Å². The predicted molar refractivity (Wildman–Crippen MR) is 99.8 cm³/mol. The Morgan fingerprint density at radius 1 is 1.35 bits per heavy atom. The van der Waals surface area contributed by atoms with Crippen molar-refractivity contribution in [1.82, 2.24) is 16.2 Å². The Bertz CT molecular complexity index is 702. The molecule has 7 heteroatoms. The molecule has 7 nitrogen and oxygen atoms in total. The van der Waals surface area contributed by atoms with Crippen LogP contribution in [-0.2, 0) is 9.59 Å². The maximum absolute atomic E-state index is 12.6. The van der Waals surface area contributed by atoms with Gasteiger partial charge in [-0.05, 0) is 43.4 Å². The molecule has 1 aromatic carbocycles. The highest BCUT2D eigenvalue weighted by molar-refractivity contribution is 5.88. The number of hydrogen-bond donors (Lipinski definition) is 3. The number of allylic oxidation sites excluding steroid dienone is 1. The fourth-order valence-electron chi connectivity index (χ4n) is 3.37. The Balaban J connectivity index is 1.59. The van der Waals surface area contributed by atoms with Crippen molar-refractivity contribution in [3.05, 3.63) is 35.5 Å². The summed E-state index contributed by atoms with van der Waals surface area (Å²) in [4.78, 5) is 26.0. The van der Waals surface area contributed by atoms with Crippen molar-refractivity contribution in [2.75, 3.05) is 25.6 Å². The van der Waals surface area contributed by atoms with Crippen LogP contribution in [0.5, 0.6) is 5.75 Å². The van der Waals surface area contributed by atoms with Crippen molar-refractivity contribution in [2.24, 2.45) is 0 Å². The molecule has 0 saturated carbocycles. The lowest BCUT2D eigenvalue weighted by Crippen LogP contribution is -2.50. The molecule has 0 spiro atoms. The SMILES string of the molecule is CN(C)c1ccccc1OC[C@@H](C=O)NC(=O)C1NNC2=C1CCCC2. The smallest absolute Gasteiger partial charge is 0.243 e. The lowest BCUT2D eigenvalue weighted by atomic mass is 9.92. The first-order chi connectivity index (χ1) is 12.6. The van der Waals surface area contributed by atoms with Gasteiger partial charge in [0.25, 0.3) is 0 Å². The minimum absolute atomic E-state index is 0.0894. The molecule has 0 radical (unpaired) electrons. The Kier molecular flexibility index (Phi) is 5.78. The number of nitrogens with zero attached hydrogens (tertiary/aromatic N) is 1. The fraction of sp³-hybridized carbons (Fsp3) is 0.474. The monoisotopic (exact) mass is 358 g/mol. The van der Waals surface area contributed by atoms with E-state index in [1.807, 2.05) is 43.3 Å². The van der Waals surface area contributed by atoms with Crippen molar-refractivity contribution in [1.29, 1.82) is 0 Å². The molecular weight excluding hydrogens is 332 g/mol. The zero-order valence-corrected chi connectivity index (χ0v) is 15.2. The van der Waals surface area contributed by atoms with Crippen LogP contribution in [0.1, 0.15) is 25.7 Å². The molecule has 1 aliphatic carbocycles. The number of benzene rings is 1. The summed E-state index contributed by atoms with van der Waals surface area (Å²) in [5.41, 5.74) is 9.28. The average Bonchev–Trinajstić information content (AvgIpc) is 3.09. The van der Waals surface area contributed by atoms with Gasteiger partial charge in [0.05, 0.1) is 5.69 Å². The minimum Gasteiger partial charge on any atom is -0.489 e. The number of anilines is 1. The summed E-state index contributed by atoms with van der Waals surface area (Å²) >= 11 is 0. The van der Waals surface area contributed by atoms with Gasteiger partial charge in [0.15, 0.2) is 0 Å². The van der Waals surface area contributed by atoms with E-state index in [0.717, 1.165) is 42.6 Å². The van der Waals surface area contributed by atoms with Crippen molar-refractivity contribution in [3.63, 3.8) is 0 Å². The molecule has 3 rings (SSSR count). The molecule has 1 aromatic rings. The first kappa shape index (κ1) is 18.3. The Morgan fingerprint density at radius 2 is 2.12 bits per heavy atom. The number of hydrogen-bond acceptors (Lipinski definition) is 6. The van der Waals surface area contributed by atoms with E-state index in [4.69, 9.17) is 4.74 Å². The third kappa shape index (κ3) is 3.99. The second kappa shape index (κ2) is 8.23. The number of ether oxygens (including phenoxy) is 1. The average molecular weight is 358 g/mol. The number of rotatable bonds is 7. The van der Waals surface area contributed by atoms with Crippen molar-refractivity contribution in [3.8, 4) is 5.75 Å². The Morgan fingerprint density at radius 3 is 2.88 bits per heavy atom. The zero-order valence-electron chi connectivity index (χ0n) is 15.2. The highest BCUT2D eigenvalue weighted by Crippen LogP contribution is 2.28. The minimum atomic E-state index is -0.701. The summed E-state index contributed by atoms with van der Waals surface area (Å²) in [6, 6.07) is 6.47. The van der Waals surface area contributed by atoms with Crippen LogP contribution >= 0.6 is 0 Å². The summed E-state index contributed by atoms with van der Waals surface area (Å²) in [5.74, 6) is 0.475. The molecule has 0 saturated heterocycles. The van der Waals surface area contributed by atoms with Gasteiger partial charge in [-0.2, -0.15) is 0 Å². The molecule has 1 heterocycles. The third-order valence-electron chi connectivity index (χ3n) is 4.75. The second-order valence-electron chi connectivity index (χ2n) is 6.84. The third-order valence-corrected chi connectivity index (χ3v) is 4.75. The van der Waals surface area contributed by atoms with E-state index in [1.165, 1.54) is 0 Å². The van der Waals surface area contributed by atoms with E-state index in [2.05, 4.69) is 16.2 Å². The molecule has 0 fully saturated rings. The number of carbonyl (C=O) groups is 2. The molecule has 2 aliphatic rings. The van der Waals surface area contributed by atoms with E-state index in [9.17, 15) is 9.59 Å². The van der Waals surface area contributed by atoms with Crippen LogP contribution < -0.4 is 25.8 Å². The number of aldehydes is 1. The lowest BCUT2D eigenvalue weighted by molar-refractivity contribution is -0.125. The van der Waals surface area contributed by atoms with E-state index in [-0.39, 0.29) is 12.5 Å². The van der Waals surface area contributed by atoms with Crippen LogP contribution in [0.4, 0.5) is 5.69 Å². The summed E-state index contributed by atoms with van der Waals surface area (Å²) in [6.07, 6.45) is 4.82. The lowest BCUT2D eigenvalue weighted by Gasteiger charge is -2.21. The number of nitrogens with one attached hydrogen (secondary N) is 3. The van der Waals surface area contributed by atoms with Crippen LogP contribution in [-0.4, -0.2) is 45.0 Å².